The monoisotopic (exact) mass is 390 g/mol. The molecule has 1 N–H and O–H groups in total. The second kappa shape index (κ2) is 7.59. The third-order valence-corrected chi connectivity index (χ3v) is 4.11. The van der Waals surface area contributed by atoms with Crippen LogP contribution in [0.3, 0.4) is 0 Å². The van der Waals surface area contributed by atoms with Gasteiger partial charge in [-0.1, -0.05) is 17.7 Å². The number of halogens is 1. The molecule has 140 valence electrons. The van der Waals surface area contributed by atoms with Crippen LogP contribution in [0.1, 0.15) is 0 Å². The summed E-state index contributed by atoms with van der Waals surface area (Å²) >= 11 is 6.15. The number of ether oxygens (including phenoxy) is 3. The van der Waals surface area contributed by atoms with E-state index >= 15 is 0 Å². The predicted octanol–water partition coefficient (Wildman–Crippen LogP) is 3.59. The average molecular weight is 391 g/mol. The van der Waals surface area contributed by atoms with Crippen LogP contribution in [0.4, 0.5) is 0 Å². The van der Waals surface area contributed by atoms with Crippen molar-refractivity contribution in [3.8, 4) is 28.6 Å². The minimum Gasteiger partial charge on any atom is -0.493 e. The van der Waals surface area contributed by atoms with E-state index in [2.05, 4.69) is 0 Å². The van der Waals surface area contributed by atoms with Crippen LogP contribution in [-0.2, 0) is 4.79 Å². The Bertz CT molecular complexity index is 1070. The summed E-state index contributed by atoms with van der Waals surface area (Å²) in [4.78, 5) is 23.4. The molecule has 0 radical (unpaired) electrons. The van der Waals surface area contributed by atoms with Gasteiger partial charge in [-0.15, -0.1) is 0 Å². The van der Waals surface area contributed by atoms with Gasteiger partial charge in [-0.2, -0.15) is 0 Å². The highest BCUT2D eigenvalue weighted by Crippen LogP contribution is 2.40. The smallest absolute Gasteiger partial charge is 0.341 e. The summed E-state index contributed by atoms with van der Waals surface area (Å²) in [5.41, 5.74) is 0.251. The first-order valence-electron chi connectivity index (χ1n) is 7.78. The summed E-state index contributed by atoms with van der Waals surface area (Å²) in [7, 11) is 2.89. The highest BCUT2D eigenvalue weighted by molar-refractivity contribution is 6.34. The van der Waals surface area contributed by atoms with Gasteiger partial charge in [0.1, 0.15) is 11.5 Å². The van der Waals surface area contributed by atoms with Gasteiger partial charge in [-0.3, -0.25) is 4.79 Å². The molecule has 0 bridgehead atoms. The molecule has 0 aliphatic carbocycles. The molecule has 3 rings (SSSR count). The lowest BCUT2D eigenvalue weighted by Crippen LogP contribution is -2.10. The van der Waals surface area contributed by atoms with Crippen LogP contribution in [0, 0.1) is 0 Å². The fraction of sp³-hybridized carbons (Fsp3) is 0.158. The SMILES string of the molecule is COc1cc(OCC(=O)O)c(-c2cc(=O)c3cccc(Cl)c3o2)cc1OC. The maximum Gasteiger partial charge on any atom is 0.341 e. The Morgan fingerprint density at radius 1 is 1.11 bits per heavy atom. The predicted molar refractivity (Wildman–Crippen MR) is 99.2 cm³/mol. The van der Waals surface area contributed by atoms with Crippen molar-refractivity contribution in [2.24, 2.45) is 0 Å². The molecule has 0 aliphatic heterocycles. The van der Waals surface area contributed by atoms with Crippen LogP contribution >= 0.6 is 11.6 Å². The molecule has 8 heteroatoms. The maximum atomic E-state index is 12.5. The summed E-state index contributed by atoms with van der Waals surface area (Å²) in [5.74, 6) is -0.148. The van der Waals surface area contributed by atoms with Crippen LogP contribution in [0.2, 0.25) is 5.02 Å². The first kappa shape index (κ1) is 18.6. The van der Waals surface area contributed by atoms with Crippen LogP contribution in [0.25, 0.3) is 22.3 Å². The molecule has 0 spiro atoms. The van der Waals surface area contributed by atoms with Gasteiger partial charge in [0, 0.05) is 12.1 Å². The average Bonchev–Trinajstić information content (AvgIpc) is 2.66. The molecule has 0 aliphatic rings. The summed E-state index contributed by atoms with van der Waals surface area (Å²) in [6.45, 7) is -0.582. The van der Waals surface area contributed by atoms with Crippen LogP contribution in [-0.4, -0.2) is 31.9 Å². The van der Waals surface area contributed by atoms with Gasteiger partial charge in [0.15, 0.2) is 29.1 Å². The number of aliphatic carboxylic acids is 1. The number of carbonyl (C=O) groups is 1. The van der Waals surface area contributed by atoms with Gasteiger partial charge < -0.3 is 23.7 Å². The van der Waals surface area contributed by atoms with Crippen molar-refractivity contribution in [1.29, 1.82) is 0 Å². The third kappa shape index (κ3) is 3.68. The maximum absolute atomic E-state index is 12.5. The fourth-order valence-electron chi connectivity index (χ4n) is 2.59. The minimum absolute atomic E-state index is 0.155. The van der Waals surface area contributed by atoms with E-state index in [-0.39, 0.29) is 27.5 Å². The fourth-order valence-corrected chi connectivity index (χ4v) is 2.80. The summed E-state index contributed by atoms with van der Waals surface area (Å²) in [5, 5.41) is 9.52. The van der Waals surface area contributed by atoms with E-state index < -0.39 is 12.6 Å². The Morgan fingerprint density at radius 3 is 2.48 bits per heavy atom. The number of carboxylic acids is 1. The highest BCUT2D eigenvalue weighted by Gasteiger charge is 2.18. The van der Waals surface area contributed by atoms with Gasteiger partial charge in [-0.25, -0.2) is 4.79 Å². The van der Waals surface area contributed by atoms with Crippen LogP contribution in [0.5, 0.6) is 17.2 Å². The van der Waals surface area contributed by atoms with E-state index in [1.807, 2.05) is 0 Å². The van der Waals surface area contributed by atoms with Gasteiger partial charge in [0.05, 0.1) is 30.2 Å². The molecule has 3 aromatic rings. The highest BCUT2D eigenvalue weighted by atomic mass is 35.5. The lowest BCUT2D eigenvalue weighted by molar-refractivity contribution is -0.139. The number of benzene rings is 2. The zero-order valence-electron chi connectivity index (χ0n) is 14.4. The molecule has 0 fully saturated rings. The molecule has 0 unspecified atom stereocenters. The standard InChI is InChI=1S/C19H15ClO7/c1-24-16-6-11(14(8-17(16)25-2)26-9-18(22)23)15-7-13(21)10-4-3-5-12(20)19(10)27-15/h3-8H,9H2,1-2H3,(H,22,23). The lowest BCUT2D eigenvalue weighted by Gasteiger charge is -2.15. The summed E-state index contributed by atoms with van der Waals surface area (Å²) in [6, 6.07) is 9.15. The molecule has 2 aromatic carbocycles. The first-order valence-corrected chi connectivity index (χ1v) is 8.15. The molecule has 1 aromatic heterocycles. The number of carboxylic acid groups (broad SMARTS) is 1. The Balaban J connectivity index is 2.25. The topological polar surface area (TPSA) is 95.2 Å². The Hall–Kier alpha value is -3.19. The normalized spacial score (nSPS) is 10.6. The number of fused-ring (bicyclic) bond motifs is 1. The van der Waals surface area contributed by atoms with E-state index in [0.717, 1.165) is 0 Å². The molecule has 1 heterocycles. The van der Waals surface area contributed by atoms with Gasteiger partial charge in [0.2, 0.25) is 0 Å². The molecular weight excluding hydrogens is 376 g/mol. The van der Waals surface area contributed by atoms with Crippen molar-refractivity contribution in [1.82, 2.24) is 0 Å². The lowest BCUT2D eigenvalue weighted by atomic mass is 10.1. The number of rotatable bonds is 6. The minimum atomic E-state index is -1.15. The van der Waals surface area contributed by atoms with E-state index in [9.17, 15) is 9.59 Å². The van der Waals surface area contributed by atoms with Gasteiger partial charge >= 0.3 is 5.97 Å². The Labute approximate surface area is 158 Å². The number of para-hydroxylation sites is 1. The van der Waals surface area contributed by atoms with Crippen LogP contribution in [0.15, 0.2) is 45.6 Å². The first-order chi connectivity index (χ1) is 12.9. The van der Waals surface area contributed by atoms with Crippen molar-refractivity contribution in [3.05, 3.63) is 51.6 Å². The Morgan fingerprint density at radius 2 is 1.81 bits per heavy atom. The second-order valence-corrected chi connectivity index (χ2v) is 5.88. The molecule has 7 nitrogen and oxygen atoms in total. The van der Waals surface area contributed by atoms with Crippen molar-refractivity contribution >= 4 is 28.5 Å². The van der Waals surface area contributed by atoms with E-state index in [1.165, 1.54) is 32.4 Å². The quantitative estimate of drug-likeness (QED) is 0.687. The second-order valence-electron chi connectivity index (χ2n) is 5.48. The molecular formula is C19H15ClO7. The van der Waals surface area contributed by atoms with Crippen molar-refractivity contribution in [2.75, 3.05) is 20.8 Å². The largest absolute Gasteiger partial charge is 0.493 e. The molecule has 0 amide bonds. The van der Waals surface area contributed by atoms with Crippen LogP contribution < -0.4 is 19.6 Å². The number of hydrogen-bond acceptors (Lipinski definition) is 6. The molecule has 0 saturated heterocycles. The van der Waals surface area contributed by atoms with Gasteiger partial charge in [-0.05, 0) is 18.2 Å². The zero-order chi connectivity index (χ0) is 19.6. The zero-order valence-corrected chi connectivity index (χ0v) is 15.2. The van der Waals surface area contributed by atoms with E-state index in [1.54, 1.807) is 18.2 Å². The van der Waals surface area contributed by atoms with Crippen molar-refractivity contribution in [3.63, 3.8) is 0 Å². The van der Waals surface area contributed by atoms with Crippen molar-refractivity contribution < 1.29 is 28.5 Å². The Kier molecular flexibility index (Phi) is 5.23. The van der Waals surface area contributed by atoms with E-state index in [4.69, 9.17) is 35.3 Å². The third-order valence-electron chi connectivity index (χ3n) is 3.81. The van der Waals surface area contributed by atoms with Crippen molar-refractivity contribution in [2.45, 2.75) is 0 Å². The summed E-state index contributed by atoms with van der Waals surface area (Å²) in [6.07, 6.45) is 0. The number of methoxy groups -OCH3 is 2. The summed E-state index contributed by atoms with van der Waals surface area (Å²) < 4.78 is 21.7. The van der Waals surface area contributed by atoms with Gasteiger partial charge in [0.25, 0.3) is 0 Å². The number of hydrogen-bond donors (Lipinski definition) is 1. The molecule has 0 atom stereocenters. The molecule has 27 heavy (non-hydrogen) atoms. The van der Waals surface area contributed by atoms with E-state index in [0.29, 0.717) is 22.4 Å². The molecule has 0 saturated carbocycles.